The Morgan fingerprint density at radius 2 is 2.25 bits per heavy atom. The van der Waals surface area contributed by atoms with Crippen LogP contribution in [0.5, 0.6) is 0 Å². The minimum Gasteiger partial charge on any atom is -0.325 e. The predicted octanol–water partition coefficient (Wildman–Crippen LogP) is 1.24. The SMILES string of the molecule is CNC(C)C(=O)Nc1ccc(F)c(C#N)c1. The summed E-state index contributed by atoms with van der Waals surface area (Å²) in [6.45, 7) is 1.70. The molecule has 2 N–H and O–H groups in total. The Morgan fingerprint density at radius 3 is 2.81 bits per heavy atom. The summed E-state index contributed by atoms with van der Waals surface area (Å²) in [5.41, 5.74) is 0.319. The van der Waals surface area contributed by atoms with E-state index in [1.165, 1.54) is 12.1 Å². The average Bonchev–Trinajstić information content (AvgIpc) is 2.30. The van der Waals surface area contributed by atoms with Crippen LogP contribution in [0.25, 0.3) is 0 Å². The Bertz CT molecular complexity index is 439. The number of nitrogens with zero attached hydrogens (tertiary/aromatic N) is 1. The van der Waals surface area contributed by atoms with E-state index in [4.69, 9.17) is 5.26 Å². The van der Waals surface area contributed by atoms with Gasteiger partial charge in [0.05, 0.1) is 11.6 Å². The molecule has 0 radical (unpaired) electrons. The van der Waals surface area contributed by atoms with Gasteiger partial charge in [0, 0.05) is 5.69 Å². The zero-order valence-corrected chi connectivity index (χ0v) is 9.04. The highest BCUT2D eigenvalue weighted by Gasteiger charge is 2.11. The summed E-state index contributed by atoms with van der Waals surface area (Å²) in [7, 11) is 1.66. The molecule has 0 heterocycles. The topological polar surface area (TPSA) is 64.9 Å². The first kappa shape index (κ1) is 12.1. The summed E-state index contributed by atoms with van der Waals surface area (Å²) >= 11 is 0. The molecule has 1 atom stereocenters. The Balaban J connectivity index is 2.83. The molecular formula is C11H12FN3O. The Hall–Kier alpha value is -1.93. The zero-order valence-electron chi connectivity index (χ0n) is 9.04. The molecule has 1 aromatic carbocycles. The van der Waals surface area contributed by atoms with Crippen LogP contribution in [0.4, 0.5) is 10.1 Å². The molecule has 0 saturated carbocycles. The quantitative estimate of drug-likeness (QED) is 0.807. The molecule has 1 aromatic rings. The number of carbonyl (C=O) groups excluding carboxylic acids is 1. The molecule has 84 valence electrons. The maximum absolute atomic E-state index is 13.0. The van der Waals surface area contributed by atoms with E-state index in [0.717, 1.165) is 6.07 Å². The fourth-order valence-corrected chi connectivity index (χ4v) is 1.07. The van der Waals surface area contributed by atoms with Gasteiger partial charge in [0.1, 0.15) is 11.9 Å². The molecule has 0 fully saturated rings. The van der Waals surface area contributed by atoms with Crippen molar-refractivity contribution in [2.24, 2.45) is 0 Å². The van der Waals surface area contributed by atoms with Gasteiger partial charge in [-0.1, -0.05) is 0 Å². The van der Waals surface area contributed by atoms with Gasteiger partial charge < -0.3 is 10.6 Å². The highest BCUT2D eigenvalue weighted by molar-refractivity contribution is 5.94. The van der Waals surface area contributed by atoms with Crippen LogP contribution in [-0.2, 0) is 4.79 Å². The van der Waals surface area contributed by atoms with Gasteiger partial charge >= 0.3 is 0 Å². The van der Waals surface area contributed by atoms with Crippen molar-refractivity contribution < 1.29 is 9.18 Å². The number of amides is 1. The summed E-state index contributed by atoms with van der Waals surface area (Å²) < 4.78 is 13.0. The van der Waals surface area contributed by atoms with E-state index in [2.05, 4.69) is 10.6 Å². The van der Waals surface area contributed by atoms with Crippen LogP contribution in [0, 0.1) is 17.1 Å². The number of anilines is 1. The molecule has 0 aliphatic carbocycles. The van der Waals surface area contributed by atoms with E-state index < -0.39 is 5.82 Å². The number of likely N-dealkylation sites (N-methyl/N-ethyl adjacent to an activating group) is 1. The number of nitriles is 1. The average molecular weight is 221 g/mol. The van der Waals surface area contributed by atoms with Gasteiger partial charge in [-0.25, -0.2) is 4.39 Å². The second-order valence-electron chi connectivity index (χ2n) is 3.31. The smallest absolute Gasteiger partial charge is 0.241 e. The van der Waals surface area contributed by atoms with E-state index in [9.17, 15) is 9.18 Å². The Labute approximate surface area is 93.1 Å². The molecule has 1 rings (SSSR count). The fourth-order valence-electron chi connectivity index (χ4n) is 1.07. The van der Waals surface area contributed by atoms with Gasteiger partial charge in [0.15, 0.2) is 0 Å². The van der Waals surface area contributed by atoms with Crippen molar-refractivity contribution in [3.63, 3.8) is 0 Å². The van der Waals surface area contributed by atoms with Crippen LogP contribution in [0.3, 0.4) is 0 Å². The number of hydrogen-bond acceptors (Lipinski definition) is 3. The van der Waals surface area contributed by atoms with E-state index in [0.29, 0.717) is 5.69 Å². The van der Waals surface area contributed by atoms with Crippen molar-refractivity contribution in [1.82, 2.24) is 5.32 Å². The molecule has 1 amide bonds. The second-order valence-corrected chi connectivity index (χ2v) is 3.31. The zero-order chi connectivity index (χ0) is 12.1. The lowest BCUT2D eigenvalue weighted by Crippen LogP contribution is -2.35. The molecule has 0 aromatic heterocycles. The summed E-state index contributed by atoms with van der Waals surface area (Å²) in [4.78, 5) is 11.5. The van der Waals surface area contributed by atoms with Crippen molar-refractivity contribution in [1.29, 1.82) is 5.26 Å². The monoisotopic (exact) mass is 221 g/mol. The first-order valence-corrected chi connectivity index (χ1v) is 4.76. The number of halogens is 1. The van der Waals surface area contributed by atoms with Crippen molar-refractivity contribution >= 4 is 11.6 Å². The van der Waals surface area contributed by atoms with E-state index in [1.807, 2.05) is 0 Å². The van der Waals surface area contributed by atoms with Gasteiger partial charge in [-0.15, -0.1) is 0 Å². The number of carbonyl (C=O) groups is 1. The summed E-state index contributed by atoms with van der Waals surface area (Å²) in [5, 5.41) is 14.0. The molecule has 0 aliphatic rings. The van der Waals surface area contributed by atoms with Crippen LogP contribution >= 0.6 is 0 Å². The Morgan fingerprint density at radius 1 is 1.56 bits per heavy atom. The lowest BCUT2D eigenvalue weighted by atomic mass is 10.2. The molecule has 1 unspecified atom stereocenters. The third kappa shape index (κ3) is 2.78. The number of nitrogens with one attached hydrogen (secondary N) is 2. The number of benzene rings is 1. The van der Waals surface area contributed by atoms with Crippen LogP contribution in [0.15, 0.2) is 18.2 Å². The van der Waals surface area contributed by atoms with Crippen LogP contribution in [0.1, 0.15) is 12.5 Å². The summed E-state index contributed by atoms with van der Waals surface area (Å²) in [5.74, 6) is -0.833. The lowest BCUT2D eigenvalue weighted by Gasteiger charge is -2.11. The predicted molar refractivity (Wildman–Crippen MR) is 58.3 cm³/mol. The molecule has 0 bridgehead atoms. The molecule has 5 heteroatoms. The number of hydrogen-bond donors (Lipinski definition) is 2. The van der Waals surface area contributed by atoms with Crippen LogP contribution < -0.4 is 10.6 Å². The van der Waals surface area contributed by atoms with Gasteiger partial charge in [0.25, 0.3) is 0 Å². The first-order chi connectivity index (χ1) is 7.58. The highest BCUT2D eigenvalue weighted by Crippen LogP contribution is 2.13. The molecule has 16 heavy (non-hydrogen) atoms. The molecule has 0 spiro atoms. The van der Waals surface area contributed by atoms with Crippen LogP contribution in [-0.4, -0.2) is 19.0 Å². The van der Waals surface area contributed by atoms with Crippen molar-refractivity contribution in [3.8, 4) is 6.07 Å². The molecular weight excluding hydrogens is 209 g/mol. The van der Waals surface area contributed by atoms with Crippen LogP contribution in [0.2, 0.25) is 0 Å². The normalized spacial score (nSPS) is 11.6. The largest absolute Gasteiger partial charge is 0.325 e. The van der Waals surface area contributed by atoms with Gasteiger partial charge in [-0.05, 0) is 32.2 Å². The fraction of sp³-hybridized carbons (Fsp3) is 0.273. The maximum atomic E-state index is 13.0. The van der Waals surface area contributed by atoms with Gasteiger partial charge in [0.2, 0.25) is 5.91 Å². The van der Waals surface area contributed by atoms with Crippen molar-refractivity contribution in [2.75, 3.05) is 12.4 Å². The molecule has 0 saturated heterocycles. The third-order valence-electron chi connectivity index (χ3n) is 2.18. The Kier molecular flexibility index (Phi) is 3.97. The minimum atomic E-state index is -0.595. The second kappa shape index (κ2) is 5.24. The lowest BCUT2D eigenvalue weighted by molar-refractivity contribution is -0.117. The van der Waals surface area contributed by atoms with Crippen molar-refractivity contribution in [3.05, 3.63) is 29.6 Å². The maximum Gasteiger partial charge on any atom is 0.241 e. The van der Waals surface area contributed by atoms with E-state index >= 15 is 0 Å². The molecule has 4 nitrogen and oxygen atoms in total. The third-order valence-corrected chi connectivity index (χ3v) is 2.18. The van der Waals surface area contributed by atoms with Gasteiger partial charge in [-0.3, -0.25) is 4.79 Å². The van der Waals surface area contributed by atoms with E-state index in [1.54, 1.807) is 20.0 Å². The number of rotatable bonds is 3. The van der Waals surface area contributed by atoms with Crippen molar-refractivity contribution in [2.45, 2.75) is 13.0 Å². The highest BCUT2D eigenvalue weighted by atomic mass is 19.1. The molecule has 0 aliphatic heterocycles. The first-order valence-electron chi connectivity index (χ1n) is 4.76. The van der Waals surface area contributed by atoms with Gasteiger partial charge in [-0.2, -0.15) is 5.26 Å². The standard InChI is InChI=1S/C11H12FN3O/c1-7(14-2)11(16)15-9-3-4-10(12)8(5-9)6-13/h3-5,7,14H,1-2H3,(H,15,16). The summed E-state index contributed by atoms with van der Waals surface area (Å²) in [6, 6.07) is 5.22. The summed E-state index contributed by atoms with van der Waals surface area (Å²) in [6.07, 6.45) is 0. The minimum absolute atomic E-state index is 0.0880. The van der Waals surface area contributed by atoms with E-state index in [-0.39, 0.29) is 17.5 Å².